The molecule has 1 N–H and O–H groups in total. The molecule has 0 unspecified atom stereocenters. The molecule has 4 nitrogen and oxygen atoms in total. The molecule has 116 valence electrons. The van der Waals surface area contributed by atoms with Crippen LogP contribution in [0.15, 0.2) is 24.3 Å². The van der Waals surface area contributed by atoms with Crippen molar-refractivity contribution >= 4 is 22.4 Å². The van der Waals surface area contributed by atoms with Gasteiger partial charge in [-0.1, -0.05) is 24.6 Å². The van der Waals surface area contributed by atoms with Crippen LogP contribution in [0.5, 0.6) is 5.75 Å². The lowest BCUT2D eigenvalue weighted by atomic mass is 9.93. The molecule has 0 spiro atoms. The Labute approximate surface area is 134 Å². The number of ether oxygens (including phenoxy) is 1. The Balaban J connectivity index is 1.54. The summed E-state index contributed by atoms with van der Waals surface area (Å²) in [6.07, 6.45) is 3.27. The molecule has 1 heterocycles. The van der Waals surface area contributed by atoms with E-state index in [1.165, 1.54) is 16.9 Å². The Hall–Kier alpha value is -1.88. The van der Waals surface area contributed by atoms with Gasteiger partial charge in [0.1, 0.15) is 5.75 Å². The van der Waals surface area contributed by atoms with E-state index in [1.54, 1.807) is 11.3 Å². The van der Waals surface area contributed by atoms with Gasteiger partial charge in [0, 0.05) is 4.88 Å². The van der Waals surface area contributed by atoms with E-state index in [2.05, 4.69) is 17.2 Å². The smallest absolute Gasteiger partial charge is 0.264 e. The number of carbonyl (C=O) groups excluding carboxylic acids is 1. The highest BCUT2D eigenvalue weighted by Gasteiger charge is 2.20. The van der Waals surface area contributed by atoms with Gasteiger partial charge in [-0.15, -0.1) is 11.3 Å². The Morgan fingerprint density at radius 2 is 2.18 bits per heavy atom. The zero-order valence-electron chi connectivity index (χ0n) is 12.9. The summed E-state index contributed by atoms with van der Waals surface area (Å²) >= 11 is 1.59. The molecule has 0 saturated carbocycles. The van der Waals surface area contributed by atoms with Gasteiger partial charge in [-0.3, -0.25) is 10.1 Å². The van der Waals surface area contributed by atoms with Gasteiger partial charge in [-0.05, 0) is 44.2 Å². The van der Waals surface area contributed by atoms with Crippen molar-refractivity contribution in [2.45, 2.75) is 33.1 Å². The summed E-state index contributed by atoms with van der Waals surface area (Å²) in [7, 11) is 0. The Morgan fingerprint density at radius 1 is 1.41 bits per heavy atom. The Morgan fingerprint density at radius 3 is 2.95 bits per heavy atom. The fourth-order valence-corrected chi connectivity index (χ4v) is 3.72. The zero-order valence-corrected chi connectivity index (χ0v) is 13.7. The number of nitrogens with one attached hydrogen (secondary N) is 1. The van der Waals surface area contributed by atoms with Gasteiger partial charge >= 0.3 is 0 Å². The van der Waals surface area contributed by atoms with Gasteiger partial charge in [-0.2, -0.15) is 0 Å². The van der Waals surface area contributed by atoms with Crippen LogP contribution in [0.3, 0.4) is 0 Å². The molecule has 0 saturated heterocycles. The summed E-state index contributed by atoms with van der Waals surface area (Å²) < 4.78 is 5.48. The summed E-state index contributed by atoms with van der Waals surface area (Å²) in [6.45, 7) is 4.28. The molecule has 5 heteroatoms. The summed E-state index contributed by atoms with van der Waals surface area (Å²) in [5, 5.41) is 3.53. The maximum Gasteiger partial charge on any atom is 0.264 e. The van der Waals surface area contributed by atoms with E-state index in [0.717, 1.165) is 18.5 Å². The lowest BCUT2D eigenvalue weighted by Crippen LogP contribution is -2.20. The first-order chi connectivity index (χ1) is 10.6. The minimum atomic E-state index is -0.167. The van der Waals surface area contributed by atoms with E-state index in [9.17, 15) is 4.79 Å². The highest BCUT2D eigenvalue weighted by molar-refractivity contribution is 7.15. The second kappa shape index (κ2) is 6.48. The van der Waals surface area contributed by atoms with Crippen molar-refractivity contribution in [2.75, 3.05) is 11.9 Å². The van der Waals surface area contributed by atoms with Crippen LogP contribution in [0.1, 0.15) is 29.5 Å². The number of aromatic nitrogens is 1. The highest BCUT2D eigenvalue weighted by atomic mass is 32.1. The molecule has 0 radical (unpaired) electrons. The topological polar surface area (TPSA) is 51.2 Å². The molecule has 1 aromatic heterocycles. The lowest BCUT2D eigenvalue weighted by molar-refractivity contribution is -0.118. The summed E-state index contributed by atoms with van der Waals surface area (Å²) in [5.74, 6) is 1.24. The van der Waals surface area contributed by atoms with E-state index in [1.807, 2.05) is 31.2 Å². The van der Waals surface area contributed by atoms with Crippen molar-refractivity contribution in [1.82, 2.24) is 4.98 Å². The number of aryl methyl sites for hydroxylation is 2. The molecule has 22 heavy (non-hydrogen) atoms. The number of benzene rings is 1. The number of rotatable bonds is 4. The third-order valence-electron chi connectivity index (χ3n) is 3.82. The summed E-state index contributed by atoms with van der Waals surface area (Å²) in [5.41, 5.74) is 2.32. The van der Waals surface area contributed by atoms with Gasteiger partial charge in [0.05, 0.1) is 5.69 Å². The third-order valence-corrected chi connectivity index (χ3v) is 4.86. The van der Waals surface area contributed by atoms with Gasteiger partial charge in [0.25, 0.3) is 5.91 Å². The van der Waals surface area contributed by atoms with Crippen LogP contribution in [0.4, 0.5) is 5.13 Å². The van der Waals surface area contributed by atoms with Crippen LogP contribution in [0.25, 0.3) is 0 Å². The fourth-order valence-electron chi connectivity index (χ4n) is 2.53. The average Bonchev–Trinajstić information content (AvgIpc) is 2.88. The Bertz CT molecular complexity index is 664. The first-order valence-electron chi connectivity index (χ1n) is 7.58. The van der Waals surface area contributed by atoms with Gasteiger partial charge in [0.15, 0.2) is 11.7 Å². The normalized spacial score (nSPS) is 16.9. The molecule has 1 aliphatic rings. The van der Waals surface area contributed by atoms with E-state index < -0.39 is 0 Å². The monoisotopic (exact) mass is 316 g/mol. The number of hydrogen-bond acceptors (Lipinski definition) is 4. The van der Waals surface area contributed by atoms with Crippen LogP contribution in [-0.4, -0.2) is 17.5 Å². The van der Waals surface area contributed by atoms with E-state index in [4.69, 9.17) is 4.74 Å². The highest BCUT2D eigenvalue weighted by Crippen LogP contribution is 2.32. The molecular formula is C17H20N2O2S. The minimum absolute atomic E-state index is 0.00368. The summed E-state index contributed by atoms with van der Waals surface area (Å²) in [4.78, 5) is 17.8. The molecule has 0 bridgehead atoms. The molecule has 1 aromatic carbocycles. The SMILES string of the molecule is Cc1ccc(OCC(=O)Nc2nc3c(s2)C[C@H](C)CC3)cc1. The van der Waals surface area contributed by atoms with Crippen LogP contribution in [-0.2, 0) is 17.6 Å². The molecule has 3 rings (SSSR count). The van der Waals surface area contributed by atoms with Gasteiger partial charge < -0.3 is 4.74 Å². The first kappa shape index (κ1) is 15.0. The van der Waals surface area contributed by atoms with Crippen LogP contribution in [0.2, 0.25) is 0 Å². The van der Waals surface area contributed by atoms with Crippen LogP contribution >= 0.6 is 11.3 Å². The van der Waals surface area contributed by atoms with Gasteiger partial charge in [-0.25, -0.2) is 4.98 Å². The summed E-state index contributed by atoms with van der Waals surface area (Å²) in [6, 6.07) is 7.66. The molecular weight excluding hydrogens is 296 g/mol. The number of carbonyl (C=O) groups is 1. The number of hydrogen-bond donors (Lipinski definition) is 1. The number of fused-ring (bicyclic) bond motifs is 1. The van der Waals surface area contributed by atoms with Crippen molar-refractivity contribution < 1.29 is 9.53 Å². The largest absolute Gasteiger partial charge is 0.484 e. The van der Waals surface area contributed by atoms with E-state index in [-0.39, 0.29) is 12.5 Å². The van der Waals surface area contributed by atoms with Gasteiger partial charge in [0.2, 0.25) is 0 Å². The fraction of sp³-hybridized carbons (Fsp3) is 0.412. The third kappa shape index (κ3) is 3.65. The van der Waals surface area contributed by atoms with Crippen LogP contribution in [0, 0.1) is 12.8 Å². The molecule has 1 amide bonds. The lowest BCUT2D eigenvalue weighted by Gasteiger charge is -2.15. The average molecular weight is 316 g/mol. The van der Waals surface area contributed by atoms with E-state index in [0.29, 0.717) is 16.8 Å². The molecule has 2 aromatic rings. The maximum atomic E-state index is 12.0. The van der Waals surface area contributed by atoms with Crippen molar-refractivity contribution in [3.8, 4) is 5.75 Å². The quantitative estimate of drug-likeness (QED) is 0.938. The second-order valence-corrected chi connectivity index (χ2v) is 6.97. The van der Waals surface area contributed by atoms with Crippen molar-refractivity contribution in [3.05, 3.63) is 40.4 Å². The minimum Gasteiger partial charge on any atom is -0.484 e. The molecule has 1 atom stereocenters. The van der Waals surface area contributed by atoms with Crippen molar-refractivity contribution in [2.24, 2.45) is 5.92 Å². The van der Waals surface area contributed by atoms with Crippen molar-refractivity contribution in [3.63, 3.8) is 0 Å². The van der Waals surface area contributed by atoms with Crippen molar-refractivity contribution in [1.29, 1.82) is 0 Å². The second-order valence-electron chi connectivity index (χ2n) is 5.89. The molecule has 0 aliphatic heterocycles. The predicted molar refractivity (Wildman–Crippen MR) is 88.6 cm³/mol. The first-order valence-corrected chi connectivity index (χ1v) is 8.39. The molecule has 0 fully saturated rings. The van der Waals surface area contributed by atoms with Crippen LogP contribution < -0.4 is 10.1 Å². The zero-order chi connectivity index (χ0) is 15.5. The predicted octanol–water partition coefficient (Wildman–Crippen LogP) is 3.59. The van der Waals surface area contributed by atoms with E-state index >= 15 is 0 Å². The Kier molecular flexibility index (Phi) is 4.43. The standard InChI is InChI=1S/C17H20N2O2S/c1-11-3-6-13(7-4-11)21-10-16(20)19-17-18-14-8-5-12(2)9-15(14)22-17/h3-4,6-7,12H,5,8-10H2,1-2H3,(H,18,19,20)/t12-/m1/s1. The number of thiazole rings is 1. The number of nitrogens with zero attached hydrogens (tertiary/aromatic N) is 1. The number of amides is 1. The molecule has 1 aliphatic carbocycles. The number of anilines is 1. The maximum absolute atomic E-state index is 12.0.